The predicted octanol–water partition coefficient (Wildman–Crippen LogP) is 0.630. The summed E-state index contributed by atoms with van der Waals surface area (Å²) in [4.78, 5) is 0. The van der Waals surface area contributed by atoms with Gasteiger partial charge in [-0.25, -0.2) is 8.78 Å². The molecule has 0 aliphatic carbocycles. The van der Waals surface area contributed by atoms with Crippen LogP contribution in [0.3, 0.4) is 0 Å². The first-order valence-electron chi connectivity index (χ1n) is 3.81. The van der Waals surface area contributed by atoms with Gasteiger partial charge in [0.2, 0.25) is 0 Å². The van der Waals surface area contributed by atoms with Crippen molar-refractivity contribution in [1.82, 2.24) is 5.32 Å². The Morgan fingerprint density at radius 2 is 2.18 bits per heavy atom. The number of nitrogens with one attached hydrogen (secondary N) is 1. The third-order valence-corrected chi connectivity index (χ3v) is 2.51. The van der Waals surface area contributed by atoms with Crippen LogP contribution in [0.4, 0.5) is 8.78 Å². The minimum Gasteiger partial charge on any atom is -0.380 e. The molecule has 1 atom stereocenters. The van der Waals surface area contributed by atoms with E-state index in [2.05, 4.69) is 5.32 Å². The summed E-state index contributed by atoms with van der Waals surface area (Å²) in [5.74, 6) is 0. The molecule has 2 aliphatic rings. The number of halogens is 2. The normalized spacial score (nSPS) is 34.6. The molecule has 2 rings (SSSR count). The summed E-state index contributed by atoms with van der Waals surface area (Å²) >= 11 is 0. The van der Waals surface area contributed by atoms with Gasteiger partial charge in [0, 0.05) is 12.0 Å². The second kappa shape index (κ2) is 2.38. The van der Waals surface area contributed by atoms with E-state index in [0.717, 1.165) is 0 Å². The molecule has 2 fully saturated rings. The van der Waals surface area contributed by atoms with Crippen molar-refractivity contribution in [3.8, 4) is 0 Å². The van der Waals surface area contributed by atoms with Crippen LogP contribution in [0.2, 0.25) is 0 Å². The third kappa shape index (κ3) is 1.14. The van der Waals surface area contributed by atoms with Crippen LogP contribution < -0.4 is 5.32 Å². The van der Waals surface area contributed by atoms with Crippen molar-refractivity contribution < 1.29 is 13.5 Å². The van der Waals surface area contributed by atoms with E-state index in [-0.39, 0.29) is 5.41 Å². The molecule has 2 heterocycles. The lowest BCUT2D eigenvalue weighted by Gasteiger charge is -2.37. The Bertz CT molecular complexity index is 159. The summed E-state index contributed by atoms with van der Waals surface area (Å²) in [6.07, 6.45) is -1.65. The standard InChI is InChI=1S/C7H11F2NO/c8-6(9)5-1-7(2-10-5)3-11-4-7/h5-6,10H,1-4H2. The summed E-state index contributed by atoms with van der Waals surface area (Å²) < 4.78 is 29.3. The second-order valence-corrected chi connectivity index (χ2v) is 3.52. The van der Waals surface area contributed by atoms with E-state index in [9.17, 15) is 8.78 Å². The van der Waals surface area contributed by atoms with Gasteiger partial charge >= 0.3 is 0 Å². The number of hydrogen-bond acceptors (Lipinski definition) is 2. The molecule has 0 aromatic carbocycles. The fourth-order valence-corrected chi connectivity index (χ4v) is 1.75. The molecule has 0 aromatic heterocycles. The first-order chi connectivity index (χ1) is 5.22. The Labute approximate surface area is 63.9 Å². The molecule has 0 aromatic rings. The maximum Gasteiger partial charge on any atom is 0.253 e. The van der Waals surface area contributed by atoms with Gasteiger partial charge in [0.25, 0.3) is 6.43 Å². The van der Waals surface area contributed by atoms with Gasteiger partial charge in [-0.1, -0.05) is 0 Å². The molecular weight excluding hydrogens is 152 g/mol. The Morgan fingerprint density at radius 1 is 1.45 bits per heavy atom. The summed E-state index contributed by atoms with van der Waals surface area (Å²) in [6, 6.07) is -0.598. The minimum atomic E-state index is -2.23. The lowest BCUT2D eigenvalue weighted by molar-refractivity contribution is -0.103. The van der Waals surface area contributed by atoms with E-state index < -0.39 is 12.5 Å². The van der Waals surface area contributed by atoms with Gasteiger partial charge in [0.1, 0.15) is 0 Å². The third-order valence-electron chi connectivity index (χ3n) is 2.51. The van der Waals surface area contributed by atoms with E-state index >= 15 is 0 Å². The minimum absolute atomic E-state index is 0.0566. The Morgan fingerprint density at radius 3 is 2.45 bits per heavy atom. The van der Waals surface area contributed by atoms with Crippen molar-refractivity contribution in [1.29, 1.82) is 0 Å². The van der Waals surface area contributed by atoms with E-state index in [1.807, 2.05) is 0 Å². The SMILES string of the molecule is FC(F)C1CC2(CN1)COC2. The van der Waals surface area contributed by atoms with Crippen LogP contribution in [0.1, 0.15) is 6.42 Å². The predicted molar refractivity (Wildman–Crippen MR) is 35.7 cm³/mol. The van der Waals surface area contributed by atoms with Gasteiger partial charge in [-0.2, -0.15) is 0 Å². The van der Waals surface area contributed by atoms with E-state index in [4.69, 9.17) is 4.74 Å². The van der Waals surface area contributed by atoms with Crippen LogP contribution in [0.25, 0.3) is 0 Å². The molecule has 1 N–H and O–H groups in total. The highest BCUT2D eigenvalue weighted by atomic mass is 19.3. The summed E-state index contributed by atoms with van der Waals surface area (Å²) in [5, 5.41) is 2.82. The molecule has 4 heteroatoms. The summed E-state index contributed by atoms with van der Waals surface area (Å²) in [6.45, 7) is 2.01. The van der Waals surface area contributed by atoms with Crippen molar-refractivity contribution in [2.24, 2.45) is 5.41 Å². The Kier molecular flexibility index (Phi) is 1.61. The van der Waals surface area contributed by atoms with Gasteiger partial charge in [-0.15, -0.1) is 0 Å². The molecule has 0 saturated carbocycles. The molecule has 2 aliphatic heterocycles. The van der Waals surface area contributed by atoms with Crippen LogP contribution in [0, 0.1) is 5.41 Å². The van der Waals surface area contributed by atoms with E-state index in [1.54, 1.807) is 0 Å². The maximum atomic E-state index is 12.1. The number of alkyl halides is 2. The first kappa shape index (κ1) is 7.43. The Hall–Kier alpha value is -0.220. The monoisotopic (exact) mass is 163 g/mol. The quantitative estimate of drug-likeness (QED) is 0.612. The smallest absolute Gasteiger partial charge is 0.253 e. The Balaban J connectivity index is 1.93. The lowest BCUT2D eigenvalue weighted by atomic mass is 9.84. The zero-order valence-corrected chi connectivity index (χ0v) is 6.15. The molecule has 2 saturated heterocycles. The molecule has 0 radical (unpaired) electrons. The zero-order chi connectivity index (χ0) is 7.90. The van der Waals surface area contributed by atoms with Crippen molar-refractivity contribution >= 4 is 0 Å². The van der Waals surface area contributed by atoms with Crippen molar-refractivity contribution in [3.05, 3.63) is 0 Å². The molecule has 1 spiro atoms. The molecule has 64 valence electrons. The molecule has 0 amide bonds. The number of rotatable bonds is 1. The van der Waals surface area contributed by atoms with Crippen LogP contribution in [0.5, 0.6) is 0 Å². The van der Waals surface area contributed by atoms with Crippen LogP contribution >= 0.6 is 0 Å². The average molecular weight is 163 g/mol. The number of ether oxygens (including phenoxy) is 1. The highest BCUT2D eigenvalue weighted by molar-refractivity contribution is 4.98. The second-order valence-electron chi connectivity index (χ2n) is 3.52. The van der Waals surface area contributed by atoms with Gasteiger partial charge in [-0.05, 0) is 6.42 Å². The highest BCUT2D eigenvalue weighted by Crippen LogP contribution is 2.37. The largest absolute Gasteiger partial charge is 0.380 e. The maximum absolute atomic E-state index is 12.1. The fourth-order valence-electron chi connectivity index (χ4n) is 1.75. The van der Waals surface area contributed by atoms with Gasteiger partial charge < -0.3 is 10.1 Å². The summed E-state index contributed by atoms with van der Waals surface area (Å²) in [7, 11) is 0. The molecule has 11 heavy (non-hydrogen) atoms. The molecule has 0 bridgehead atoms. The molecular formula is C7H11F2NO. The first-order valence-corrected chi connectivity index (χ1v) is 3.81. The topological polar surface area (TPSA) is 21.3 Å². The lowest BCUT2D eigenvalue weighted by Crippen LogP contribution is -2.43. The van der Waals surface area contributed by atoms with Crippen LogP contribution in [-0.2, 0) is 4.74 Å². The zero-order valence-electron chi connectivity index (χ0n) is 6.15. The van der Waals surface area contributed by atoms with E-state index in [0.29, 0.717) is 26.2 Å². The fraction of sp³-hybridized carbons (Fsp3) is 1.00. The number of hydrogen-bond donors (Lipinski definition) is 1. The van der Waals surface area contributed by atoms with Crippen molar-refractivity contribution in [3.63, 3.8) is 0 Å². The summed E-state index contributed by atoms with van der Waals surface area (Å²) in [5.41, 5.74) is 0.0566. The molecule has 1 unspecified atom stereocenters. The van der Waals surface area contributed by atoms with Gasteiger partial charge in [0.05, 0.1) is 19.3 Å². The van der Waals surface area contributed by atoms with Gasteiger partial charge in [-0.3, -0.25) is 0 Å². The molecule has 2 nitrogen and oxygen atoms in total. The van der Waals surface area contributed by atoms with Crippen LogP contribution in [0.15, 0.2) is 0 Å². The highest BCUT2D eigenvalue weighted by Gasteiger charge is 2.47. The van der Waals surface area contributed by atoms with Crippen LogP contribution in [-0.4, -0.2) is 32.2 Å². The average Bonchev–Trinajstić information content (AvgIpc) is 2.28. The van der Waals surface area contributed by atoms with Crippen molar-refractivity contribution in [2.75, 3.05) is 19.8 Å². The van der Waals surface area contributed by atoms with Crippen molar-refractivity contribution in [2.45, 2.75) is 18.9 Å². The van der Waals surface area contributed by atoms with E-state index in [1.165, 1.54) is 0 Å². The van der Waals surface area contributed by atoms with Gasteiger partial charge in [0.15, 0.2) is 0 Å².